The molecule has 2 saturated heterocycles. The van der Waals surface area contributed by atoms with E-state index in [9.17, 15) is 14.4 Å². The summed E-state index contributed by atoms with van der Waals surface area (Å²) < 4.78 is 5.67. The summed E-state index contributed by atoms with van der Waals surface area (Å²) in [6.45, 7) is 15.7. The minimum Gasteiger partial charge on any atom is -0.444 e. The van der Waals surface area contributed by atoms with E-state index in [0.29, 0.717) is 18.5 Å². The highest BCUT2D eigenvalue weighted by atomic mass is 16.6. The Bertz CT molecular complexity index is 781. The van der Waals surface area contributed by atoms with Crippen LogP contribution in [0.3, 0.4) is 0 Å². The minimum absolute atomic E-state index is 0.0352. The SMILES string of the molecule is C=CCCCCN1CC[C@H]2C(C=O)=CC(=O)[C@@H]3N(C(=O)OC(C)(C)C)[C@@H](C=C)C[C@@]32C1. The Hall–Kier alpha value is -2.21. The van der Waals surface area contributed by atoms with Crippen molar-refractivity contribution in [3.05, 3.63) is 37.0 Å². The lowest BCUT2D eigenvalue weighted by molar-refractivity contribution is -0.127. The molecule has 0 radical (unpaired) electrons. The number of ether oxygens (including phenoxy) is 1. The normalized spacial score (nSPS) is 30.8. The average Bonchev–Trinajstić information content (AvgIpc) is 3.04. The Morgan fingerprint density at radius 2 is 2.06 bits per heavy atom. The van der Waals surface area contributed by atoms with E-state index in [1.165, 1.54) is 6.08 Å². The fourth-order valence-electron chi connectivity index (χ4n) is 5.70. The second-order valence-electron chi connectivity index (χ2n) is 10.1. The zero-order chi connectivity index (χ0) is 22.8. The summed E-state index contributed by atoms with van der Waals surface area (Å²) in [7, 11) is 0. The summed E-state index contributed by atoms with van der Waals surface area (Å²) in [6, 6.07) is -0.929. The van der Waals surface area contributed by atoms with Crippen LogP contribution in [-0.4, -0.2) is 65.3 Å². The molecular formula is C25H36N2O4. The smallest absolute Gasteiger partial charge is 0.411 e. The van der Waals surface area contributed by atoms with Crippen LogP contribution in [0.5, 0.6) is 0 Å². The van der Waals surface area contributed by atoms with Crippen molar-refractivity contribution in [1.29, 1.82) is 0 Å². The van der Waals surface area contributed by atoms with Crippen LogP contribution in [0.4, 0.5) is 4.79 Å². The number of unbranched alkanes of at least 4 members (excludes halogenated alkanes) is 2. The van der Waals surface area contributed by atoms with Crippen LogP contribution < -0.4 is 0 Å². The van der Waals surface area contributed by atoms with Gasteiger partial charge in [-0.3, -0.25) is 14.5 Å². The highest BCUT2D eigenvalue weighted by Crippen LogP contribution is 2.55. The first-order chi connectivity index (χ1) is 14.7. The van der Waals surface area contributed by atoms with E-state index in [1.54, 1.807) is 11.0 Å². The topological polar surface area (TPSA) is 66.9 Å². The van der Waals surface area contributed by atoms with Gasteiger partial charge in [0, 0.05) is 12.0 Å². The lowest BCUT2D eigenvalue weighted by Gasteiger charge is -2.51. The van der Waals surface area contributed by atoms with Gasteiger partial charge in [0.05, 0.1) is 6.04 Å². The summed E-state index contributed by atoms with van der Waals surface area (Å²) >= 11 is 0. The molecule has 6 nitrogen and oxygen atoms in total. The molecule has 2 aliphatic heterocycles. The minimum atomic E-state index is -0.663. The third-order valence-electron chi connectivity index (χ3n) is 6.84. The number of likely N-dealkylation sites (tertiary alicyclic amines) is 2. The number of hydrogen-bond acceptors (Lipinski definition) is 5. The Morgan fingerprint density at radius 3 is 2.68 bits per heavy atom. The van der Waals surface area contributed by atoms with Crippen molar-refractivity contribution < 1.29 is 19.1 Å². The molecule has 3 rings (SSSR count). The molecule has 3 aliphatic rings. The van der Waals surface area contributed by atoms with Gasteiger partial charge >= 0.3 is 6.09 Å². The number of amides is 1. The number of rotatable bonds is 7. The molecule has 0 saturated carbocycles. The van der Waals surface area contributed by atoms with Crippen molar-refractivity contribution >= 4 is 18.2 Å². The lowest BCUT2D eigenvalue weighted by Crippen LogP contribution is -2.61. The van der Waals surface area contributed by atoms with Crippen LogP contribution in [0.1, 0.15) is 52.9 Å². The van der Waals surface area contributed by atoms with Gasteiger partial charge in [-0.1, -0.05) is 12.2 Å². The molecule has 1 spiro atoms. The molecule has 0 bridgehead atoms. The van der Waals surface area contributed by atoms with E-state index in [4.69, 9.17) is 4.74 Å². The molecule has 1 aliphatic carbocycles. The molecule has 4 atom stereocenters. The van der Waals surface area contributed by atoms with E-state index in [1.807, 2.05) is 26.8 Å². The van der Waals surface area contributed by atoms with E-state index >= 15 is 0 Å². The number of aldehydes is 1. The van der Waals surface area contributed by atoms with Gasteiger partial charge in [-0.15, -0.1) is 13.2 Å². The molecule has 31 heavy (non-hydrogen) atoms. The second-order valence-corrected chi connectivity index (χ2v) is 10.1. The Kier molecular flexibility index (Phi) is 6.89. The number of allylic oxidation sites excluding steroid dienone is 2. The molecule has 6 heteroatoms. The van der Waals surface area contributed by atoms with Gasteiger partial charge in [0.15, 0.2) is 5.78 Å². The summed E-state index contributed by atoms with van der Waals surface area (Å²) in [4.78, 5) is 42.3. The maximum Gasteiger partial charge on any atom is 0.411 e. The third-order valence-corrected chi connectivity index (χ3v) is 6.84. The van der Waals surface area contributed by atoms with Gasteiger partial charge in [-0.05, 0) is 83.5 Å². The van der Waals surface area contributed by atoms with Gasteiger partial charge < -0.3 is 9.64 Å². The second kappa shape index (κ2) is 9.11. The molecule has 0 aromatic rings. The summed E-state index contributed by atoms with van der Waals surface area (Å²) in [5.41, 5.74) is -0.584. The summed E-state index contributed by atoms with van der Waals surface area (Å²) in [5, 5.41) is 0. The predicted molar refractivity (Wildman–Crippen MR) is 121 cm³/mol. The first-order valence-corrected chi connectivity index (χ1v) is 11.3. The Morgan fingerprint density at radius 1 is 1.32 bits per heavy atom. The van der Waals surface area contributed by atoms with Crippen molar-refractivity contribution in [2.45, 2.75) is 70.6 Å². The van der Waals surface area contributed by atoms with Crippen LogP contribution >= 0.6 is 0 Å². The quantitative estimate of drug-likeness (QED) is 0.349. The predicted octanol–water partition coefficient (Wildman–Crippen LogP) is 3.92. The number of piperidine rings is 1. The van der Waals surface area contributed by atoms with Crippen LogP contribution in [0.15, 0.2) is 37.0 Å². The fraction of sp³-hybridized carbons (Fsp3) is 0.640. The highest BCUT2D eigenvalue weighted by molar-refractivity contribution is 6.03. The maximum atomic E-state index is 13.3. The Balaban J connectivity index is 1.95. The third kappa shape index (κ3) is 4.54. The summed E-state index contributed by atoms with van der Waals surface area (Å²) in [5.74, 6) is -0.214. The van der Waals surface area contributed by atoms with Crippen LogP contribution in [0, 0.1) is 11.3 Å². The van der Waals surface area contributed by atoms with Crippen molar-refractivity contribution in [3.63, 3.8) is 0 Å². The van der Waals surface area contributed by atoms with E-state index in [-0.39, 0.29) is 17.7 Å². The molecular weight excluding hydrogens is 392 g/mol. The fourth-order valence-corrected chi connectivity index (χ4v) is 5.70. The zero-order valence-corrected chi connectivity index (χ0v) is 19.1. The first kappa shape index (κ1) is 23.5. The lowest BCUT2D eigenvalue weighted by atomic mass is 9.59. The van der Waals surface area contributed by atoms with Gasteiger partial charge in [0.1, 0.15) is 17.9 Å². The number of carbonyl (C=O) groups excluding carboxylic acids is 3. The van der Waals surface area contributed by atoms with Gasteiger partial charge in [0.25, 0.3) is 0 Å². The summed E-state index contributed by atoms with van der Waals surface area (Å²) in [6.07, 6.45) is 10.0. The molecule has 0 aromatic carbocycles. The van der Waals surface area contributed by atoms with Gasteiger partial charge in [-0.2, -0.15) is 0 Å². The van der Waals surface area contributed by atoms with Crippen molar-refractivity contribution in [2.24, 2.45) is 11.3 Å². The molecule has 170 valence electrons. The first-order valence-electron chi connectivity index (χ1n) is 11.3. The molecule has 0 aromatic heterocycles. The maximum absolute atomic E-state index is 13.3. The van der Waals surface area contributed by atoms with Crippen LogP contribution in [0.25, 0.3) is 0 Å². The van der Waals surface area contributed by atoms with E-state index in [0.717, 1.165) is 45.1 Å². The number of carbonyl (C=O) groups is 3. The number of hydrogen-bond donors (Lipinski definition) is 0. The van der Waals surface area contributed by atoms with Gasteiger partial charge in [0.2, 0.25) is 0 Å². The van der Waals surface area contributed by atoms with Crippen molar-refractivity contribution in [2.75, 3.05) is 19.6 Å². The monoisotopic (exact) mass is 428 g/mol. The average molecular weight is 429 g/mol. The Labute approximate surface area is 186 Å². The number of ketones is 1. The molecule has 0 unspecified atom stereocenters. The molecule has 2 fully saturated rings. The van der Waals surface area contributed by atoms with Crippen molar-refractivity contribution in [3.8, 4) is 0 Å². The van der Waals surface area contributed by atoms with Crippen LogP contribution in [0.2, 0.25) is 0 Å². The zero-order valence-electron chi connectivity index (χ0n) is 19.1. The number of nitrogens with zero attached hydrogens (tertiary/aromatic N) is 2. The molecule has 2 heterocycles. The van der Waals surface area contributed by atoms with E-state index in [2.05, 4.69) is 18.1 Å². The highest BCUT2D eigenvalue weighted by Gasteiger charge is 2.63. The van der Waals surface area contributed by atoms with E-state index < -0.39 is 23.2 Å². The molecule has 0 N–H and O–H groups in total. The largest absolute Gasteiger partial charge is 0.444 e. The van der Waals surface area contributed by atoms with Crippen molar-refractivity contribution in [1.82, 2.24) is 9.80 Å². The molecule has 1 amide bonds. The van der Waals surface area contributed by atoms with Crippen LogP contribution in [-0.2, 0) is 14.3 Å². The standard InChI is InChI=1S/C25H36N2O4/c1-6-8-9-10-12-26-13-11-20-18(16-28)14-21(29)22-25(20,17-26)15-19(7-2)27(22)23(30)31-24(3,4)5/h6-7,14,16,19-20,22H,1-2,8-13,15,17H2,3-5H3/t19-,20-,22-,25-/m0/s1. The van der Waals surface area contributed by atoms with Gasteiger partial charge in [-0.25, -0.2) is 4.79 Å².